The summed E-state index contributed by atoms with van der Waals surface area (Å²) in [6.07, 6.45) is 2.39. The highest BCUT2D eigenvalue weighted by Crippen LogP contribution is 2.16. The molecule has 1 saturated heterocycles. The van der Waals surface area contributed by atoms with E-state index < -0.39 is 0 Å². The molecular weight excluding hydrogens is 316 g/mol. The number of carbonyl (C=O) groups excluding carboxylic acids is 1. The van der Waals surface area contributed by atoms with Crippen LogP contribution in [0.3, 0.4) is 0 Å². The number of nitrogens with zero attached hydrogens (tertiary/aromatic N) is 2. The number of rotatable bonds is 4. The molecule has 0 N–H and O–H groups in total. The number of hydrogen-bond acceptors (Lipinski definition) is 2. The van der Waals surface area contributed by atoms with Crippen LogP contribution in [0, 0.1) is 5.92 Å². The fourth-order valence-electron chi connectivity index (χ4n) is 2.70. The van der Waals surface area contributed by atoms with Crippen molar-refractivity contribution in [3.63, 3.8) is 0 Å². The first kappa shape index (κ1) is 15.5. The van der Waals surface area contributed by atoms with Crippen molar-refractivity contribution in [2.75, 3.05) is 26.7 Å². The van der Waals surface area contributed by atoms with E-state index >= 15 is 0 Å². The minimum Gasteiger partial charge on any atom is -0.341 e. The van der Waals surface area contributed by atoms with Crippen molar-refractivity contribution in [2.24, 2.45) is 5.92 Å². The van der Waals surface area contributed by atoms with Gasteiger partial charge in [0, 0.05) is 24.1 Å². The summed E-state index contributed by atoms with van der Waals surface area (Å²) in [6.45, 7) is 5.39. The molecule has 0 spiro atoms. The van der Waals surface area contributed by atoms with Gasteiger partial charge in [-0.2, -0.15) is 0 Å². The topological polar surface area (TPSA) is 23.6 Å². The number of piperidine rings is 1. The number of halogens is 1. The summed E-state index contributed by atoms with van der Waals surface area (Å²) >= 11 is 3.44. The van der Waals surface area contributed by atoms with Gasteiger partial charge in [-0.15, -0.1) is 0 Å². The minimum absolute atomic E-state index is 0.260. The van der Waals surface area contributed by atoms with Crippen molar-refractivity contribution >= 4 is 21.8 Å². The molecule has 1 atom stereocenters. The fourth-order valence-corrected chi connectivity index (χ4v) is 2.97. The lowest BCUT2D eigenvalue weighted by Crippen LogP contribution is -2.43. The summed E-state index contributed by atoms with van der Waals surface area (Å²) in [7, 11) is 2.01. The lowest BCUT2D eigenvalue weighted by molar-refractivity contribution is -0.133. The predicted molar refractivity (Wildman–Crippen MR) is 85.5 cm³/mol. The van der Waals surface area contributed by atoms with E-state index in [0.29, 0.717) is 12.5 Å². The molecule has 3 nitrogen and oxygen atoms in total. The van der Waals surface area contributed by atoms with Gasteiger partial charge in [0.25, 0.3) is 0 Å². The molecule has 1 aromatic carbocycles. The van der Waals surface area contributed by atoms with Gasteiger partial charge in [-0.1, -0.05) is 35.0 Å². The zero-order valence-electron chi connectivity index (χ0n) is 12.3. The Morgan fingerprint density at radius 2 is 2.10 bits per heavy atom. The molecule has 1 heterocycles. The van der Waals surface area contributed by atoms with Gasteiger partial charge in [0.05, 0.1) is 6.54 Å². The van der Waals surface area contributed by atoms with Crippen LogP contribution in [0.2, 0.25) is 0 Å². The maximum atomic E-state index is 12.3. The van der Waals surface area contributed by atoms with Crippen LogP contribution in [0.25, 0.3) is 0 Å². The van der Waals surface area contributed by atoms with E-state index in [4.69, 9.17) is 0 Å². The van der Waals surface area contributed by atoms with Crippen LogP contribution in [-0.4, -0.2) is 42.4 Å². The van der Waals surface area contributed by atoms with Crippen molar-refractivity contribution < 1.29 is 4.79 Å². The first-order valence-electron chi connectivity index (χ1n) is 7.25. The van der Waals surface area contributed by atoms with Crippen LogP contribution in [0.15, 0.2) is 28.7 Å². The van der Waals surface area contributed by atoms with Gasteiger partial charge >= 0.3 is 0 Å². The van der Waals surface area contributed by atoms with Gasteiger partial charge < -0.3 is 4.90 Å². The maximum absolute atomic E-state index is 12.3. The average molecular weight is 339 g/mol. The second-order valence-corrected chi connectivity index (χ2v) is 6.80. The third kappa shape index (κ3) is 4.60. The summed E-state index contributed by atoms with van der Waals surface area (Å²) in [4.78, 5) is 16.4. The molecule has 1 fully saturated rings. The van der Waals surface area contributed by atoms with Crippen LogP contribution in [0.1, 0.15) is 25.3 Å². The molecule has 1 aliphatic rings. The number of likely N-dealkylation sites (tertiary alicyclic amines) is 1. The monoisotopic (exact) mass is 338 g/mol. The highest BCUT2D eigenvalue weighted by Gasteiger charge is 2.21. The lowest BCUT2D eigenvalue weighted by Gasteiger charge is -2.32. The van der Waals surface area contributed by atoms with E-state index in [1.54, 1.807) is 0 Å². The molecule has 1 unspecified atom stereocenters. The SMILES string of the molecule is CC1CCCN(C(=O)CN(C)Cc2ccc(Br)cc2)C1. The number of benzene rings is 1. The third-order valence-corrected chi connectivity index (χ3v) is 4.31. The van der Waals surface area contributed by atoms with Crippen molar-refractivity contribution in [2.45, 2.75) is 26.3 Å². The molecule has 0 radical (unpaired) electrons. The Kier molecular flexibility index (Phi) is 5.61. The fraction of sp³-hybridized carbons (Fsp3) is 0.562. The highest BCUT2D eigenvalue weighted by molar-refractivity contribution is 9.10. The number of amides is 1. The normalized spacial score (nSPS) is 19.4. The first-order valence-corrected chi connectivity index (χ1v) is 8.04. The molecule has 1 amide bonds. The molecule has 1 aliphatic heterocycles. The Labute approximate surface area is 130 Å². The minimum atomic E-state index is 0.260. The zero-order valence-corrected chi connectivity index (χ0v) is 13.9. The van der Waals surface area contributed by atoms with E-state index in [0.717, 1.165) is 30.5 Å². The quantitative estimate of drug-likeness (QED) is 0.841. The first-order chi connectivity index (χ1) is 9.54. The van der Waals surface area contributed by atoms with Gasteiger partial charge in [0.1, 0.15) is 0 Å². The molecular formula is C16H23BrN2O. The second-order valence-electron chi connectivity index (χ2n) is 5.89. The standard InChI is InChI=1S/C16H23BrN2O/c1-13-4-3-9-19(10-13)16(20)12-18(2)11-14-5-7-15(17)8-6-14/h5-8,13H,3-4,9-12H2,1-2H3. The Hall–Kier alpha value is -0.870. The summed E-state index contributed by atoms with van der Waals surface area (Å²) < 4.78 is 1.09. The molecule has 0 saturated carbocycles. The van der Waals surface area contributed by atoms with E-state index in [1.807, 2.05) is 24.1 Å². The average Bonchev–Trinajstić information content (AvgIpc) is 2.41. The van der Waals surface area contributed by atoms with Crippen LogP contribution in [0.5, 0.6) is 0 Å². The van der Waals surface area contributed by atoms with Gasteiger partial charge in [-0.25, -0.2) is 0 Å². The van der Waals surface area contributed by atoms with Gasteiger partial charge in [-0.05, 0) is 43.5 Å². The van der Waals surface area contributed by atoms with E-state index in [9.17, 15) is 4.79 Å². The highest BCUT2D eigenvalue weighted by atomic mass is 79.9. The number of likely N-dealkylation sites (N-methyl/N-ethyl adjacent to an activating group) is 1. The van der Waals surface area contributed by atoms with Crippen LogP contribution < -0.4 is 0 Å². The number of hydrogen-bond donors (Lipinski definition) is 0. The molecule has 0 aromatic heterocycles. The predicted octanol–water partition coefficient (Wildman–Crippen LogP) is 3.14. The van der Waals surface area contributed by atoms with Crippen LogP contribution in [-0.2, 0) is 11.3 Å². The molecule has 0 aliphatic carbocycles. The largest absolute Gasteiger partial charge is 0.341 e. The van der Waals surface area contributed by atoms with Gasteiger partial charge in [-0.3, -0.25) is 9.69 Å². The van der Waals surface area contributed by atoms with Crippen LogP contribution >= 0.6 is 15.9 Å². The molecule has 2 rings (SSSR count). The zero-order chi connectivity index (χ0) is 14.5. The Bertz CT molecular complexity index is 446. The second kappa shape index (κ2) is 7.23. The van der Waals surface area contributed by atoms with Crippen molar-refractivity contribution in [3.05, 3.63) is 34.3 Å². The van der Waals surface area contributed by atoms with Gasteiger partial charge in [0.2, 0.25) is 5.91 Å². The van der Waals surface area contributed by atoms with Crippen LogP contribution in [0.4, 0.5) is 0 Å². The summed E-state index contributed by atoms with van der Waals surface area (Å²) in [5, 5.41) is 0. The smallest absolute Gasteiger partial charge is 0.236 e. The Balaban J connectivity index is 1.82. The van der Waals surface area contributed by atoms with E-state index in [1.165, 1.54) is 12.0 Å². The molecule has 4 heteroatoms. The Morgan fingerprint density at radius 1 is 1.40 bits per heavy atom. The van der Waals surface area contributed by atoms with Gasteiger partial charge in [0.15, 0.2) is 0 Å². The lowest BCUT2D eigenvalue weighted by atomic mass is 10.0. The third-order valence-electron chi connectivity index (χ3n) is 3.78. The van der Waals surface area contributed by atoms with E-state index in [-0.39, 0.29) is 5.91 Å². The summed E-state index contributed by atoms with van der Waals surface area (Å²) in [6, 6.07) is 8.26. The van der Waals surface area contributed by atoms with E-state index in [2.05, 4.69) is 39.9 Å². The van der Waals surface area contributed by atoms with Crippen molar-refractivity contribution in [1.82, 2.24) is 9.80 Å². The summed E-state index contributed by atoms with van der Waals surface area (Å²) in [5.74, 6) is 0.903. The molecule has 0 bridgehead atoms. The van der Waals surface area contributed by atoms with Crippen molar-refractivity contribution in [1.29, 1.82) is 0 Å². The Morgan fingerprint density at radius 3 is 2.75 bits per heavy atom. The van der Waals surface area contributed by atoms with Crippen molar-refractivity contribution in [3.8, 4) is 0 Å². The number of carbonyl (C=O) groups is 1. The maximum Gasteiger partial charge on any atom is 0.236 e. The molecule has 110 valence electrons. The summed E-state index contributed by atoms with van der Waals surface area (Å²) in [5.41, 5.74) is 1.23. The molecule has 1 aromatic rings. The molecule has 20 heavy (non-hydrogen) atoms.